The Morgan fingerprint density at radius 3 is 2.50 bits per heavy atom. The Balaban J connectivity index is 1.84. The minimum atomic E-state index is -0.00292. The molecule has 3 heteroatoms. The summed E-state index contributed by atoms with van der Waals surface area (Å²) in [6, 6.07) is 7.79. The molecule has 1 aliphatic rings. The fourth-order valence-corrected chi connectivity index (χ4v) is 2.37. The lowest BCUT2D eigenvalue weighted by Gasteiger charge is -2.21. The van der Waals surface area contributed by atoms with Crippen LogP contribution in [0.15, 0.2) is 30.3 Å². The van der Waals surface area contributed by atoms with Crippen LogP contribution in [0.1, 0.15) is 37.7 Å². The number of benzene rings is 1. The smallest absolute Gasteiger partial charge is 0.244 e. The maximum absolute atomic E-state index is 11.7. The topological polar surface area (TPSA) is 29.1 Å². The van der Waals surface area contributed by atoms with Gasteiger partial charge in [0, 0.05) is 17.1 Å². The summed E-state index contributed by atoms with van der Waals surface area (Å²) >= 11 is 5.80. The van der Waals surface area contributed by atoms with Crippen LogP contribution in [0.25, 0.3) is 6.08 Å². The third-order valence-electron chi connectivity index (χ3n) is 3.25. The Morgan fingerprint density at radius 1 is 1.17 bits per heavy atom. The fraction of sp³-hybridized carbons (Fsp3) is 0.400. The number of hydrogen-bond donors (Lipinski definition) is 1. The van der Waals surface area contributed by atoms with Gasteiger partial charge in [0.15, 0.2) is 0 Å². The first-order valence-corrected chi connectivity index (χ1v) is 6.86. The summed E-state index contributed by atoms with van der Waals surface area (Å²) in [6.45, 7) is 0. The Kier molecular flexibility index (Phi) is 4.82. The molecule has 96 valence electrons. The molecular formula is C15H18ClNO. The number of hydrogen-bond acceptors (Lipinski definition) is 1. The maximum Gasteiger partial charge on any atom is 0.244 e. The molecule has 1 aromatic rings. The van der Waals surface area contributed by atoms with Gasteiger partial charge >= 0.3 is 0 Å². The lowest BCUT2D eigenvalue weighted by molar-refractivity contribution is -0.117. The summed E-state index contributed by atoms with van der Waals surface area (Å²) in [6.07, 6.45) is 9.39. The SMILES string of the molecule is O=C(C=Cc1ccc(Cl)cc1)NC1CCCCC1. The van der Waals surface area contributed by atoms with Gasteiger partial charge in [0.25, 0.3) is 0 Å². The first-order valence-electron chi connectivity index (χ1n) is 6.48. The van der Waals surface area contributed by atoms with Crippen LogP contribution in [0.4, 0.5) is 0 Å². The third-order valence-corrected chi connectivity index (χ3v) is 3.50. The van der Waals surface area contributed by atoms with Crippen LogP contribution < -0.4 is 5.32 Å². The molecule has 18 heavy (non-hydrogen) atoms. The predicted octanol–water partition coefficient (Wildman–Crippen LogP) is 3.80. The molecule has 0 aliphatic heterocycles. The molecule has 0 bridgehead atoms. The number of carbonyl (C=O) groups excluding carboxylic acids is 1. The van der Waals surface area contributed by atoms with Crippen molar-refractivity contribution in [2.24, 2.45) is 0 Å². The lowest BCUT2D eigenvalue weighted by Crippen LogP contribution is -2.34. The van der Waals surface area contributed by atoms with Crippen molar-refractivity contribution in [3.8, 4) is 0 Å². The van der Waals surface area contributed by atoms with Crippen LogP contribution in [0.3, 0.4) is 0 Å². The first-order chi connectivity index (χ1) is 8.74. The first kappa shape index (κ1) is 13.2. The number of halogens is 1. The molecule has 0 saturated heterocycles. The van der Waals surface area contributed by atoms with E-state index in [1.165, 1.54) is 19.3 Å². The van der Waals surface area contributed by atoms with E-state index in [0.29, 0.717) is 11.1 Å². The van der Waals surface area contributed by atoms with E-state index < -0.39 is 0 Å². The Morgan fingerprint density at radius 2 is 1.83 bits per heavy atom. The zero-order chi connectivity index (χ0) is 12.8. The van der Waals surface area contributed by atoms with Crippen molar-refractivity contribution in [1.82, 2.24) is 5.32 Å². The molecule has 1 saturated carbocycles. The van der Waals surface area contributed by atoms with E-state index in [4.69, 9.17) is 11.6 Å². The zero-order valence-electron chi connectivity index (χ0n) is 10.4. The highest BCUT2D eigenvalue weighted by atomic mass is 35.5. The van der Waals surface area contributed by atoms with Crippen LogP contribution in [0.5, 0.6) is 0 Å². The molecule has 1 fully saturated rings. The molecule has 0 radical (unpaired) electrons. The highest BCUT2D eigenvalue weighted by molar-refractivity contribution is 6.30. The van der Waals surface area contributed by atoms with Crippen molar-refractivity contribution in [3.05, 3.63) is 40.9 Å². The van der Waals surface area contributed by atoms with Gasteiger partial charge in [0.1, 0.15) is 0 Å². The van der Waals surface area contributed by atoms with Gasteiger partial charge in [-0.1, -0.05) is 43.0 Å². The molecule has 1 aliphatic carbocycles. The van der Waals surface area contributed by atoms with Crippen LogP contribution >= 0.6 is 11.6 Å². The average Bonchev–Trinajstić information content (AvgIpc) is 2.39. The largest absolute Gasteiger partial charge is 0.350 e. The summed E-state index contributed by atoms with van der Waals surface area (Å²) in [5.74, 6) is -0.00292. The molecule has 1 aromatic carbocycles. The van der Waals surface area contributed by atoms with E-state index in [1.807, 2.05) is 30.3 Å². The van der Waals surface area contributed by atoms with E-state index in [2.05, 4.69) is 5.32 Å². The van der Waals surface area contributed by atoms with Gasteiger partial charge in [-0.3, -0.25) is 4.79 Å². The molecule has 0 unspecified atom stereocenters. The monoisotopic (exact) mass is 263 g/mol. The van der Waals surface area contributed by atoms with E-state index >= 15 is 0 Å². The highest BCUT2D eigenvalue weighted by Crippen LogP contribution is 2.17. The molecule has 0 atom stereocenters. The van der Waals surface area contributed by atoms with Gasteiger partial charge < -0.3 is 5.32 Å². The quantitative estimate of drug-likeness (QED) is 0.826. The van der Waals surface area contributed by atoms with Crippen molar-refractivity contribution in [1.29, 1.82) is 0 Å². The van der Waals surface area contributed by atoms with E-state index in [-0.39, 0.29) is 5.91 Å². The fourth-order valence-electron chi connectivity index (χ4n) is 2.24. The van der Waals surface area contributed by atoms with E-state index in [0.717, 1.165) is 18.4 Å². The van der Waals surface area contributed by atoms with Crippen molar-refractivity contribution >= 4 is 23.6 Å². The Labute approximate surface area is 113 Å². The van der Waals surface area contributed by atoms with Gasteiger partial charge in [-0.15, -0.1) is 0 Å². The van der Waals surface area contributed by atoms with Crippen molar-refractivity contribution < 1.29 is 4.79 Å². The standard InChI is InChI=1S/C15H18ClNO/c16-13-9-6-12(7-10-13)8-11-15(18)17-14-4-2-1-3-5-14/h6-11,14H,1-5H2,(H,17,18). The van der Waals surface area contributed by atoms with E-state index in [1.54, 1.807) is 6.08 Å². The van der Waals surface area contributed by atoms with Gasteiger partial charge in [0.2, 0.25) is 5.91 Å². The van der Waals surface area contributed by atoms with Gasteiger partial charge in [-0.25, -0.2) is 0 Å². The molecule has 2 nitrogen and oxygen atoms in total. The lowest BCUT2D eigenvalue weighted by atomic mass is 9.95. The molecule has 0 aromatic heterocycles. The maximum atomic E-state index is 11.7. The van der Waals surface area contributed by atoms with Crippen LogP contribution in [0.2, 0.25) is 5.02 Å². The predicted molar refractivity (Wildman–Crippen MR) is 75.5 cm³/mol. The van der Waals surface area contributed by atoms with Crippen LogP contribution in [-0.4, -0.2) is 11.9 Å². The van der Waals surface area contributed by atoms with Crippen LogP contribution in [-0.2, 0) is 4.79 Å². The average molecular weight is 264 g/mol. The third kappa shape index (κ3) is 4.19. The number of rotatable bonds is 3. The second-order valence-electron chi connectivity index (χ2n) is 4.73. The molecule has 1 N–H and O–H groups in total. The summed E-state index contributed by atoms with van der Waals surface area (Å²) < 4.78 is 0. The number of amides is 1. The molecule has 1 amide bonds. The Hall–Kier alpha value is -1.28. The van der Waals surface area contributed by atoms with Crippen molar-refractivity contribution in [3.63, 3.8) is 0 Å². The van der Waals surface area contributed by atoms with Crippen LogP contribution in [0, 0.1) is 0 Å². The molecule has 0 heterocycles. The summed E-state index contributed by atoms with van der Waals surface area (Å²) in [4.78, 5) is 11.7. The molecule has 0 spiro atoms. The minimum absolute atomic E-state index is 0.00292. The minimum Gasteiger partial charge on any atom is -0.350 e. The normalized spacial score (nSPS) is 16.9. The molecular weight excluding hydrogens is 246 g/mol. The van der Waals surface area contributed by atoms with Crippen molar-refractivity contribution in [2.75, 3.05) is 0 Å². The number of nitrogens with one attached hydrogen (secondary N) is 1. The molecule has 2 rings (SSSR count). The Bertz CT molecular complexity index is 419. The summed E-state index contributed by atoms with van der Waals surface area (Å²) in [7, 11) is 0. The van der Waals surface area contributed by atoms with Gasteiger partial charge in [-0.05, 0) is 36.6 Å². The number of carbonyl (C=O) groups is 1. The van der Waals surface area contributed by atoms with Gasteiger partial charge in [-0.2, -0.15) is 0 Å². The van der Waals surface area contributed by atoms with Crippen molar-refractivity contribution in [2.45, 2.75) is 38.1 Å². The highest BCUT2D eigenvalue weighted by Gasteiger charge is 2.13. The zero-order valence-corrected chi connectivity index (χ0v) is 11.1. The second-order valence-corrected chi connectivity index (χ2v) is 5.16. The second kappa shape index (κ2) is 6.60. The summed E-state index contributed by atoms with van der Waals surface area (Å²) in [5, 5.41) is 3.76. The van der Waals surface area contributed by atoms with Gasteiger partial charge in [0.05, 0.1) is 0 Å². The van der Waals surface area contributed by atoms with E-state index in [9.17, 15) is 4.79 Å². The summed E-state index contributed by atoms with van der Waals surface area (Å²) in [5.41, 5.74) is 0.984.